The number of thiophene rings is 1. The molecule has 1 aromatic heterocycles. The second-order valence-corrected chi connectivity index (χ2v) is 4.62. The summed E-state index contributed by atoms with van der Waals surface area (Å²) >= 11 is 1.71. The lowest BCUT2D eigenvalue weighted by Crippen LogP contribution is -2.23. The Labute approximate surface area is 93.4 Å². The molecule has 4 heteroatoms. The first-order chi connectivity index (χ1) is 7.33. The zero-order chi connectivity index (χ0) is 10.7. The molecule has 1 aliphatic rings. The van der Waals surface area contributed by atoms with Gasteiger partial charge in [-0.3, -0.25) is 4.79 Å². The lowest BCUT2D eigenvalue weighted by atomic mass is 9.95. The fourth-order valence-corrected chi connectivity index (χ4v) is 2.87. The van der Waals surface area contributed by atoms with Crippen LogP contribution in [0.25, 0.3) is 0 Å². The van der Waals surface area contributed by atoms with Crippen LogP contribution in [0.2, 0.25) is 0 Å². The van der Waals surface area contributed by atoms with E-state index in [9.17, 15) is 4.79 Å². The predicted octanol–water partition coefficient (Wildman–Crippen LogP) is 1.61. The summed E-state index contributed by atoms with van der Waals surface area (Å²) in [5.74, 6) is 0.216. The van der Waals surface area contributed by atoms with E-state index in [2.05, 4.69) is 16.8 Å². The fraction of sp³-hybridized carbons (Fsp3) is 0.545. The molecule has 2 heterocycles. The molecule has 0 aliphatic carbocycles. The van der Waals surface area contributed by atoms with Gasteiger partial charge in [-0.25, -0.2) is 0 Å². The van der Waals surface area contributed by atoms with Gasteiger partial charge in [0.25, 0.3) is 0 Å². The monoisotopic (exact) mass is 225 g/mol. The molecule has 2 rings (SSSR count). The summed E-state index contributed by atoms with van der Waals surface area (Å²) < 4.78 is 5.08. The molecule has 3 nitrogen and oxygen atoms in total. The van der Waals surface area contributed by atoms with Gasteiger partial charge in [0.05, 0.1) is 12.5 Å². The molecule has 0 spiro atoms. The van der Waals surface area contributed by atoms with Crippen molar-refractivity contribution in [2.75, 3.05) is 19.7 Å². The van der Waals surface area contributed by atoms with Crippen LogP contribution in [0.3, 0.4) is 0 Å². The van der Waals surface area contributed by atoms with Crippen molar-refractivity contribution in [2.45, 2.75) is 12.8 Å². The van der Waals surface area contributed by atoms with E-state index in [1.165, 1.54) is 4.88 Å². The lowest BCUT2D eigenvalue weighted by molar-refractivity contribution is -0.147. The van der Waals surface area contributed by atoms with Gasteiger partial charge in [0.1, 0.15) is 0 Å². The van der Waals surface area contributed by atoms with E-state index < -0.39 is 0 Å². The average molecular weight is 225 g/mol. The third-order valence-corrected chi connectivity index (χ3v) is 3.72. The molecule has 1 N–H and O–H groups in total. The SMILES string of the molecule is CCOC(=O)C1CNCC1c1cccs1. The van der Waals surface area contributed by atoms with Crippen molar-refractivity contribution in [3.63, 3.8) is 0 Å². The molecule has 2 unspecified atom stereocenters. The Kier molecular flexibility index (Phi) is 3.38. The first-order valence-corrected chi connectivity index (χ1v) is 6.11. The summed E-state index contributed by atoms with van der Waals surface area (Å²) in [4.78, 5) is 13.0. The predicted molar refractivity (Wildman–Crippen MR) is 60.1 cm³/mol. The van der Waals surface area contributed by atoms with Crippen LogP contribution in [0.1, 0.15) is 17.7 Å². The molecule has 0 radical (unpaired) electrons. The number of esters is 1. The van der Waals surface area contributed by atoms with E-state index in [1.54, 1.807) is 11.3 Å². The van der Waals surface area contributed by atoms with Crippen molar-refractivity contribution < 1.29 is 9.53 Å². The Morgan fingerprint density at radius 1 is 1.67 bits per heavy atom. The summed E-state index contributed by atoms with van der Waals surface area (Å²) in [6.07, 6.45) is 0. The number of hydrogen-bond acceptors (Lipinski definition) is 4. The Morgan fingerprint density at radius 3 is 3.20 bits per heavy atom. The molecular formula is C11H15NO2S. The highest BCUT2D eigenvalue weighted by molar-refractivity contribution is 7.10. The second-order valence-electron chi connectivity index (χ2n) is 3.64. The zero-order valence-electron chi connectivity index (χ0n) is 8.73. The van der Waals surface area contributed by atoms with Crippen molar-refractivity contribution in [1.82, 2.24) is 5.32 Å². The van der Waals surface area contributed by atoms with Crippen LogP contribution < -0.4 is 5.32 Å². The minimum Gasteiger partial charge on any atom is -0.466 e. The maximum atomic E-state index is 11.7. The van der Waals surface area contributed by atoms with Gasteiger partial charge in [-0.15, -0.1) is 11.3 Å². The molecule has 1 aliphatic heterocycles. The Bertz CT molecular complexity index is 323. The topological polar surface area (TPSA) is 38.3 Å². The smallest absolute Gasteiger partial charge is 0.310 e. The summed E-state index contributed by atoms with van der Waals surface area (Å²) in [6.45, 7) is 3.93. The first-order valence-electron chi connectivity index (χ1n) is 5.23. The number of carbonyl (C=O) groups is 1. The van der Waals surface area contributed by atoms with Crippen LogP contribution in [-0.2, 0) is 9.53 Å². The maximum Gasteiger partial charge on any atom is 0.310 e. The highest BCUT2D eigenvalue weighted by Gasteiger charge is 2.35. The van der Waals surface area contributed by atoms with E-state index in [-0.39, 0.29) is 11.9 Å². The zero-order valence-corrected chi connectivity index (χ0v) is 9.55. The average Bonchev–Trinajstić information content (AvgIpc) is 2.88. The Morgan fingerprint density at radius 2 is 2.53 bits per heavy atom. The first kappa shape index (κ1) is 10.6. The number of ether oxygens (including phenoxy) is 1. The highest BCUT2D eigenvalue weighted by Crippen LogP contribution is 2.31. The van der Waals surface area contributed by atoms with Gasteiger partial charge in [-0.05, 0) is 18.4 Å². The van der Waals surface area contributed by atoms with Gasteiger partial charge < -0.3 is 10.1 Å². The minimum absolute atomic E-state index is 0.0106. The van der Waals surface area contributed by atoms with Crippen molar-refractivity contribution in [1.29, 1.82) is 0 Å². The molecule has 1 aromatic rings. The van der Waals surface area contributed by atoms with E-state index in [4.69, 9.17) is 4.74 Å². The molecule has 2 atom stereocenters. The van der Waals surface area contributed by atoms with Gasteiger partial charge in [0.2, 0.25) is 0 Å². The van der Waals surface area contributed by atoms with Gasteiger partial charge in [-0.2, -0.15) is 0 Å². The van der Waals surface area contributed by atoms with Crippen molar-refractivity contribution in [2.24, 2.45) is 5.92 Å². The van der Waals surface area contributed by atoms with Gasteiger partial charge >= 0.3 is 5.97 Å². The summed E-state index contributed by atoms with van der Waals surface area (Å²) in [5.41, 5.74) is 0. The van der Waals surface area contributed by atoms with Crippen LogP contribution in [0.4, 0.5) is 0 Å². The standard InChI is InChI=1S/C11H15NO2S/c1-2-14-11(13)9-7-12-6-8(9)10-4-3-5-15-10/h3-5,8-9,12H,2,6-7H2,1H3. The Balaban J connectivity index is 2.08. The molecule has 1 saturated heterocycles. The summed E-state index contributed by atoms with van der Waals surface area (Å²) in [6, 6.07) is 4.12. The largest absolute Gasteiger partial charge is 0.466 e. The lowest BCUT2D eigenvalue weighted by Gasteiger charge is -2.15. The number of hydrogen-bond donors (Lipinski definition) is 1. The summed E-state index contributed by atoms with van der Waals surface area (Å²) in [7, 11) is 0. The van der Waals surface area contributed by atoms with Crippen LogP contribution >= 0.6 is 11.3 Å². The molecule has 1 fully saturated rings. The molecule has 15 heavy (non-hydrogen) atoms. The molecule has 82 valence electrons. The molecule has 0 amide bonds. The van der Waals surface area contributed by atoms with Crippen molar-refractivity contribution in [3.05, 3.63) is 22.4 Å². The van der Waals surface area contributed by atoms with E-state index in [0.29, 0.717) is 12.5 Å². The van der Waals surface area contributed by atoms with E-state index in [0.717, 1.165) is 13.1 Å². The number of carbonyl (C=O) groups excluding carboxylic acids is 1. The normalized spacial score (nSPS) is 25.4. The second kappa shape index (κ2) is 4.77. The molecule has 0 saturated carbocycles. The van der Waals surface area contributed by atoms with Crippen LogP contribution in [0.5, 0.6) is 0 Å². The van der Waals surface area contributed by atoms with E-state index >= 15 is 0 Å². The molecular weight excluding hydrogens is 210 g/mol. The van der Waals surface area contributed by atoms with Crippen LogP contribution in [-0.4, -0.2) is 25.7 Å². The fourth-order valence-electron chi connectivity index (χ4n) is 1.98. The minimum atomic E-state index is -0.0686. The Hall–Kier alpha value is -0.870. The number of rotatable bonds is 3. The van der Waals surface area contributed by atoms with Gasteiger partial charge in [0.15, 0.2) is 0 Å². The van der Waals surface area contributed by atoms with Crippen LogP contribution in [0.15, 0.2) is 17.5 Å². The van der Waals surface area contributed by atoms with Gasteiger partial charge in [-0.1, -0.05) is 6.07 Å². The molecule has 0 aromatic carbocycles. The quantitative estimate of drug-likeness (QED) is 0.794. The van der Waals surface area contributed by atoms with Crippen LogP contribution in [0, 0.1) is 5.92 Å². The molecule has 0 bridgehead atoms. The van der Waals surface area contributed by atoms with Crippen molar-refractivity contribution in [3.8, 4) is 0 Å². The third kappa shape index (κ3) is 2.21. The van der Waals surface area contributed by atoms with E-state index in [1.807, 2.05) is 13.0 Å². The third-order valence-electron chi connectivity index (χ3n) is 2.71. The maximum absolute atomic E-state index is 11.7. The highest BCUT2D eigenvalue weighted by atomic mass is 32.1. The number of nitrogens with one attached hydrogen (secondary N) is 1. The van der Waals surface area contributed by atoms with Crippen molar-refractivity contribution >= 4 is 17.3 Å². The summed E-state index contributed by atoms with van der Waals surface area (Å²) in [5, 5.41) is 5.31. The van der Waals surface area contributed by atoms with Gasteiger partial charge in [0, 0.05) is 23.9 Å².